The third kappa shape index (κ3) is 3.68. The number of hydrogen-bond donors (Lipinski definition) is 1. The molecule has 0 fully saturated rings. The van der Waals surface area contributed by atoms with Crippen molar-refractivity contribution in [3.05, 3.63) is 66.6 Å². The van der Waals surface area contributed by atoms with Crippen molar-refractivity contribution in [2.24, 2.45) is 0 Å². The molecule has 0 atom stereocenters. The highest BCUT2D eigenvalue weighted by molar-refractivity contribution is 9.11. The van der Waals surface area contributed by atoms with Crippen LogP contribution in [0, 0.1) is 17.0 Å². The first-order valence-electron chi connectivity index (χ1n) is 5.90. The number of benzene rings is 2. The maximum Gasteiger partial charge on any atom is 0.270 e. The van der Waals surface area contributed by atoms with E-state index >= 15 is 0 Å². The Labute approximate surface area is 137 Å². The average Bonchev–Trinajstić information content (AvgIpc) is 2.40. The molecular weight excluding hydrogens is 404 g/mol. The van der Waals surface area contributed by atoms with E-state index in [9.17, 15) is 14.9 Å². The van der Waals surface area contributed by atoms with Crippen LogP contribution in [0.25, 0.3) is 0 Å². The zero-order chi connectivity index (χ0) is 15.6. The molecule has 7 heteroatoms. The quantitative estimate of drug-likeness (QED) is 0.586. The summed E-state index contributed by atoms with van der Waals surface area (Å²) in [5.41, 5.74) is 1.95. The second kappa shape index (κ2) is 6.36. The summed E-state index contributed by atoms with van der Waals surface area (Å²) < 4.78 is 1.14. The summed E-state index contributed by atoms with van der Waals surface area (Å²) in [6.45, 7) is 1.93. The van der Waals surface area contributed by atoms with Crippen molar-refractivity contribution >= 4 is 49.1 Å². The largest absolute Gasteiger partial charge is 0.321 e. The summed E-state index contributed by atoms with van der Waals surface area (Å²) in [5.74, 6) is -0.295. The Kier molecular flexibility index (Phi) is 4.74. The summed E-state index contributed by atoms with van der Waals surface area (Å²) >= 11 is 6.56. The van der Waals surface area contributed by atoms with E-state index in [4.69, 9.17) is 0 Å². The Morgan fingerprint density at radius 2 is 1.86 bits per heavy atom. The van der Waals surface area contributed by atoms with Crippen molar-refractivity contribution in [3.8, 4) is 0 Å². The molecule has 21 heavy (non-hydrogen) atoms. The number of nitrogens with zero attached hydrogens (tertiary/aromatic N) is 1. The number of rotatable bonds is 3. The first kappa shape index (κ1) is 15.7. The number of amides is 1. The molecule has 2 aromatic carbocycles. The number of carbonyl (C=O) groups is 1. The molecule has 2 rings (SSSR count). The van der Waals surface area contributed by atoms with Gasteiger partial charge in [0.15, 0.2) is 0 Å². The van der Waals surface area contributed by atoms with Crippen LogP contribution in [-0.4, -0.2) is 10.8 Å². The Balaban J connectivity index is 2.25. The second-order valence-corrected chi connectivity index (χ2v) is 6.07. The highest BCUT2D eigenvalue weighted by Gasteiger charge is 2.14. The van der Waals surface area contributed by atoms with Gasteiger partial charge in [-0.05, 0) is 62.5 Å². The molecule has 0 spiro atoms. The molecule has 2 aromatic rings. The van der Waals surface area contributed by atoms with Crippen LogP contribution < -0.4 is 5.32 Å². The highest BCUT2D eigenvalue weighted by Crippen LogP contribution is 2.28. The average molecular weight is 414 g/mol. The smallest absolute Gasteiger partial charge is 0.270 e. The lowest BCUT2D eigenvalue weighted by atomic mass is 10.1. The van der Waals surface area contributed by atoms with Crippen LogP contribution in [0.4, 0.5) is 11.4 Å². The molecule has 0 aromatic heterocycles. The molecule has 0 unspecified atom stereocenters. The number of hydrogen-bond acceptors (Lipinski definition) is 3. The Morgan fingerprint density at radius 3 is 2.43 bits per heavy atom. The first-order valence-corrected chi connectivity index (χ1v) is 7.48. The van der Waals surface area contributed by atoms with Crippen LogP contribution in [0.3, 0.4) is 0 Å². The van der Waals surface area contributed by atoms with E-state index in [0.717, 1.165) is 5.56 Å². The van der Waals surface area contributed by atoms with Crippen molar-refractivity contribution in [1.82, 2.24) is 0 Å². The van der Waals surface area contributed by atoms with E-state index in [-0.39, 0.29) is 11.6 Å². The van der Waals surface area contributed by atoms with Gasteiger partial charge in [0.25, 0.3) is 11.6 Å². The van der Waals surface area contributed by atoms with E-state index in [1.165, 1.54) is 18.2 Å². The number of aryl methyl sites for hydroxylation is 1. The Bertz CT molecular complexity index is 732. The number of anilines is 1. The topological polar surface area (TPSA) is 72.2 Å². The molecule has 0 saturated carbocycles. The van der Waals surface area contributed by atoms with E-state index in [0.29, 0.717) is 20.2 Å². The summed E-state index contributed by atoms with van der Waals surface area (Å²) in [5, 5.41) is 13.4. The molecule has 0 radical (unpaired) electrons. The molecule has 5 nitrogen and oxygen atoms in total. The van der Waals surface area contributed by atoms with Gasteiger partial charge < -0.3 is 5.32 Å². The molecule has 0 heterocycles. The van der Waals surface area contributed by atoms with Gasteiger partial charge in [-0.3, -0.25) is 14.9 Å². The Morgan fingerprint density at radius 1 is 1.14 bits per heavy atom. The minimum absolute atomic E-state index is 0.0450. The van der Waals surface area contributed by atoms with E-state index in [1.807, 2.05) is 19.1 Å². The van der Waals surface area contributed by atoms with Crippen molar-refractivity contribution in [3.63, 3.8) is 0 Å². The van der Waals surface area contributed by atoms with Gasteiger partial charge in [-0.2, -0.15) is 0 Å². The SMILES string of the molecule is Cc1ccc(C(=O)Nc2ccc([N+](=O)[O-])cc2Br)c(Br)c1. The number of nitro groups is 1. The van der Waals surface area contributed by atoms with Gasteiger partial charge in [0.2, 0.25) is 0 Å². The lowest BCUT2D eigenvalue weighted by molar-refractivity contribution is -0.384. The maximum absolute atomic E-state index is 12.2. The van der Waals surface area contributed by atoms with Crippen LogP contribution in [0.1, 0.15) is 15.9 Å². The zero-order valence-electron chi connectivity index (χ0n) is 10.9. The number of carbonyl (C=O) groups excluding carboxylic acids is 1. The van der Waals surface area contributed by atoms with Crippen LogP contribution in [0.2, 0.25) is 0 Å². The Hall–Kier alpha value is -1.73. The molecule has 1 N–H and O–H groups in total. The van der Waals surface area contributed by atoms with Crippen LogP contribution in [0.15, 0.2) is 45.3 Å². The maximum atomic E-state index is 12.2. The minimum atomic E-state index is -0.493. The van der Waals surface area contributed by atoms with Crippen molar-refractivity contribution in [2.75, 3.05) is 5.32 Å². The molecule has 0 bridgehead atoms. The van der Waals surface area contributed by atoms with Crippen molar-refractivity contribution in [1.29, 1.82) is 0 Å². The van der Waals surface area contributed by atoms with E-state index in [1.54, 1.807) is 6.07 Å². The van der Waals surface area contributed by atoms with Gasteiger partial charge in [0.05, 0.1) is 16.2 Å². The number of non-ortho nitro benzene ring substituents is 1. The fourth-order valence-corrected chi connectivity index (χ4v) is 2.85. The monoisotopic (exact) mass is 412 g/mol. The predicted octanol–water partition coefficient (Wildman–Crippen LogP) is 4.68. The fourth-order valence-electron chi connectivity index (χ4n) is 1.71. The number of halogens is 2. The molecule has 0 aliphatic heterocycles. The third-order valence-electron chi connectivity index (χ3n) is 2.78. The van der Waals surface area contributed by atoms with Crippen molar-refractivity contribution < 1.29 is 9.72 Å². The first-order chi connectivity index (χ1) is 9.88. The number of nitro benzene ring substituents is 1. The third-order valence-corrected chi connectivity index (χ3v) is 4.09. The van der Waals surface area contributed by atoms with Gasteiger partial charge in [-0.25, -0.2) is 0 Å². The number of nitrogens with one attached hydrogen (secondary N) is 1. The zero-order valence-corrected chi connectivity index (χ0v) is 14.1. The van der Waals surface area contributed by atoms with Crippen LogP contribution in [0.5, 0.6) is 0 Å². The molecular formula is C14H10Br2N2O3. The van der Waals surface area contributed by atoms with Gasteiger partial charge in [0, 0.05) is 21.1 Å². The van der Waals surface area contributed by atoms with Gasteiger partial charge in [-0.1, -0.05) is 6.07 Å². The lowest BCUT2D eigenvalue weighted by Crippen LogP contribution is -2.13. The van der Waals surface area contributed by atoms with Gasteiger partial charge in [0.1, 0.15) is 0 Å². The summed E-state index contributed by atoms with van der Waals surface area (Å²) in [7, 11) is 0. The molecule has 0 aliphatic rings. The predicted molar refractivity (Wildman–Crippen MR) is 87.6 cm³/mol. The lowest BCUT2D eigenvalue weighted by Gasteiger charge is -2.09. The summed E-state index contributed by atoms with van der Waals surface area (Å²) in [6.07, 6.45) is 0. The molecule has 0 aliphatic carbocycles. The van der Waals surface area contributed by atoms with E-state index in [2.05, 4.69) is 37.2 Å². The molecule has 108 valence electrons. The second-order valence-electron chi connectivity index (χ2n) is 4.36. The van der Waals surface area contributed by atoms with Crippen LogP contribution in [-0.2, 0) is 0 Å². The van der Waals surface area contributed by atoms with Gasteiger partial charge in [-0.15, -0.1) is 0 Å². The van der Waals surface area contributed by atoms with E-state index < -0.39 is 4.92 Å². The minimum Gasteiger partial charge on any atom is -0.321 e. The van der Waals surface area contributed by atoms with Crippen LogP contribution >= 0.6 is 31.9 Å². The highest BCUT2D eigenvalue weighted by atomic mass is 79.9. The molecule has 0 saturated heterocycles. The normalized spacial score (nSPS) is 10.2. The summed E-state index contributed by atoms with van der Waals surface area (Å²) in [4.78, 5) is 22.4. The fraction of sp³-hybridized carbons (Fsp3) is 0.0714. The molecule has 1 amide bonds. The standard InChI is InChI=1S/C14H10Br2N2O3/c1-8-2-4-10(11(15)6-8)14(19)17-13-5-3-9(18(20)21)7-12(13)16/h2-7H,1H3,(H,17,19). The van der Waals surface area contributed by atoms with Gasteiger partial charge >= 0.3 is 0 Å². The van der Waals surface area contributed by atoms with Crippen molar-refractivity contribution in [2.45, 2.75) is 6.92 Å². The summed E-state index contributed by atoms with van der Waals surface area (Å²) in [6, 6.07) is 9.57.